The molecule has 18 heavy (non-hydrogen) atoms. The van der Waals surface area contributed by atoms with Gasteiger partial charge in [0.2, 0.25) is 0 Å². The summed E-state index contributed by atoms with van der Waals surface area (Å²) in [4.78, 5) is 0. The van der Waals surface area contributed by atoms with Crippen molar-refractivity contribution in [1.29, 1.82) is 0 Å². The Kier molecular flexibility index (Phi) is 6.18. The van der Waals surface area contributed by atoms with Gasteiger partial charge in [-0.1, -0.05) is 0 Å². The van der Waals surface area contributed by atoms with Crippen molar-refractivity contribution in [3.8, 4) is 0 Å². The fourth-order valence-corrected chi connectivity index (χ4v) is 3.09. The maximum atomic E-state index is 9.09. The molecule has 0 aliphatic heterocycles. The van der Waals surface area contributed by atoms with Crippen molar-refractivity contribution in [2.24, 2.45) is 7.05 Å². The van der Waals surface area contributed by atoms with Crippen molar-refractivity contribution < 1.29 is 5.11 Å². The summed E-state index contributed by atoms with van der Waals surface area (Å²) in [5.41, 5.74) is 3.57. The summed E-state index contributed by atoms with van der Waals surface area (Å²) in [5.74, 6) is 1.02. The first kappa shape index (κ1) is 15.5. The van der Waals surface area contributed by atoms with Gasteiger partial charge in [0, 0.05) is 42.7 Å². The smallest absolute Gasteiger partial charge is 0.0644 e. The van der Waals surface area contributed by atoms with Crippen LogP contribution < -0.4 is 5.32 Å². The Morgan fingerprint density at radius 3 is 2.56 bits per heavy atom. The van der Waals surface area contributed by atoms with Crippen LogP contribution in [0.15, 0.2) is 0 Å². The third-order valence-electron chi connectivity index (χ3n) is 3.33. The largest absolute Gasteiger partial charge is 0.396 e. The molecule has 0 aromatic carbocycles. The fourth-order valence-electron chi connectivity index (χ4n) is 2.43. The van der Waals surface area contributed by atoms with E-state index in [0.717, 1.165) is 17.9 Å². The minimum atomic E-state index is 0.232. The van der Waals surface area contributed by atoms with E-state index in [1.807, 2.05) is 11.7 Å². The SMILES string of the molecule is CSCC(CCO)NC(C)c1c(C)nn(C)c1C. The summed E-state index contributed by atoms with van der Waals surface area (Å²) in [6.45, 7) is 6.55. The molecular weight excluding hydrogens is 246 g/mol. The molecule has 0 spiro atoms. The first-order valence-corrected chi connectivity index (χ1v) is 7.76. The van der Waals surface area contributed by atoms with Crippen molar-refractivity contribution in [3.05, 3.63) is 17.0 Å². The van der Waals surface area contributed by atoms with Crippen LogP contribution in [0, 0.1) is 13.8 Å². The number of nitrogens with zero attached hydrogens (tertiary/aromatic N) is 2. The number of rotatable bonds is 7. The van der Waals surface area contributed by atoms with Gasteiger partial charge in [0.05, 0.1) is 5.69 Å². The lowest BCUT2D eigenvalue weighted by molar-refractivity contribution is 0.265. The van der Waals surface area contributed by atoms with Crippen molar-refractivity contribution in [2.75, 3.05) is 18.6 Å². The second-order valence-corrected chi connectivity index (χ2v) is 5.67. The molecule has 0 bridgehead atoms. The molecule has 2 atom stereocenters. The van der Waals surface area contributed by atoms with Gasteiger partial charge in [0.15, 0.2) is 0 Å². The molecule has 0 saturated carbocycles. The average molecular weight is 271 g/mol. The van der Waals surface area contributed by atoms with E-state index in [2.05, 4.69) is 37.4 Å². The van der Waals surface area contributed by atoms with Gasteiger partial charge in [-0.05, 0) is 33.4 Å². The number of hydrogen-bond donors (Lipinski definition) is 2. The molecule has 0 radical (unpaired) electrons. The Morgan fingerprint density at radius 2 is 2.11 bits per heavy atom. The normalized spacial score (nSPS) is 14.8. The number of aryl methyl sites for hydroxylation is 2. The van der Waals surface area contributed by atoms with Gasteiger partial charge in [-0.25, -0.2) is 0 Å². The highest BCUT2D eigenvalue weighted by Gasteiger charge is 2.19. The van der Waals surface area contributed by atoms with E-state index in [0.29, 0.717) is 6.04 Å². The van der Waals surface area contributed by atoms with Crippen molar-refractivity contribution in [3.63, 3.8) is 0 Å². The van der Waals surface area contributed by atoms with Crippen LogP contribution in [-0.4, -0.2) is 39.5 Å². The standard InChI is InChI=1S/C13H25N3OS/c1-9(14-12(6-7-17)8-18-5)13-10(2)15-16(4)11(13)3/h9,12,14,17H,6-8H2,1-5H3. The number of aliphatic hydroxyl groups excluding tert-OH is 1. The average Bonchev–Trinajstić information content (AvgIpc) is 2.53. The topological polar surface area (TPSA) is 50.1 Å². The van der Waals surface area contributed by atoms with Gasteiger partial charge in [0.1, 0.15) is 0 Å². The monoisotopic (exact) mass is 271 g/mol. The summed E-state index contributed by atoms with van der Waals surface area (Å²) in [6.07, 6.45) is 2.89. The van der Waals surface area contributed by atoms with Crippen molar-refractivity contribution in [1.82, 2.24) is 15.1 Å². The van der Waals surface area contributed by atoms with E-state index in [1.165, 1.54) is 11.3 Å². The zero-order chi connectivity index (χ0) is 13.7. The quantitative estimate of drug-likeness (QED) is 0.794. The molecule has 0 aliphatic carbocycles. The predicted octanol–water partition coefficient (Wildman–Crippen LogP) is 1.80. The van der Waals surface area contributed by atoms with Crippen LogP contribution >= 0.6 is 11.8 Å². The summed E-state index contributed by atoms with van der Waals surface area (Å²) < 4.78 is 1.93. The van der Waals surface area contributed by atoms with Crippen LogP contribution in [0.1, 0.15) is 36.3 Å². The molecule has 0 amide bonds. The number of thioether (sulfide) groups is 1. The lowest BCUT2D eigenvalue weighted by Crippen LogP contribution is -2.34. The molecule has 0 aliphatic rings. The lowest BCUT2D eigenvalue weighted by Gasteiger charge is -2.22. The zero-order valence-corrected chi connectivity index (χ0v) is 12.8. The molecule has 0 fully saturated rings. The van der Waals surface area contributed by atoms with E-state index in [4.69, 9.17) is 5.11 Å². The van der Waals surface area contributed by atoms with Gasteiger partial charge < -0.3 is 10.4 Å². The second-order valence-electron chi connectivity index (χ2n) is 4.76. The van der Waals surface area contributed by atoms with E-state index >= 15 is 0 Å². The molecule has 104 valence electrons. The molecule has 0 saturated heterocycles. The predicted molar refractivity (Wildman–Crippen MR) is 78.1 cm³/mol. The van der Waals surface area contributed by atoms with Gasteiger partial charge in [-0.2, -0.15) is 16.9 Å². The number of aromatic nitrogens is 2. The summed E-state index contributed by atoms with van der Waals surface area (Å²) in [6, 6.07) is 0.612. The molecule has 1 aromatic heterocycles. The van der Waals surface area contributed by atoms with Crippen LogP contribution in [0.5, 0.6) is 0 Å². The van der Waals surface area contributed by atoms with Gasteiger partial charge in [-0.3, -0.25) is 4.68 Å². The van der Waals surface area contributed by atoms with Crippen LogP contribution in [-0.2, 0) is 7.05 Å². The van der Waals surface area contributed by atoms with Gasteiger partial charge in [0.25, 0.3) is 0 Å². The van der Waals surface area contributed by atoms with Crippen LogP contribution in [0.2, 0.25) is 0 Å². The summed E-state index contributed by atoms with van der Waals surface area (Å²) >= 11 is 1.81. The zero-order valence-electron chi connectivity index (χ0n) is 12.0. The van der Waals surface area contributed by atoms with E-state index in [9.17, 15) is 0 Å². The highest BCUT2D eigenvalue weighted by Crippen LogP contribution is 2.21. The molecule has 4 nitrogen and oxygen atoms in total. The Balaban J connectivity index is 2.76. The highest BCUT2D eigenvalue weighted by molar-refractivity contribution is 7.98. The Hall–Kier alpha value is -0.520. The Labute approximate surface area is 114 Å². The minimum absolute atomic E-state index is 0.232. The van der Waals surface area contributed by atoms with Crippen molar-refractivity contribution in [2.45, 2.75) is 39.3 Å². The number of aliphatic hydroxyl groups is 1. The first-order valence-electron chi connectivity index (χ1n) is 6.37. The molecule has 1 aromatic rings. The molecular formula is C13H25N3OS. The van der Waals surface area contributed by atoms with Crippen LogP contribution in [0.4, 0.5) is 0 Å². The van der Waals surface area contributed by atoms with Gasteiger partial charge >= 0.3 is 0 Å². The van der Waals surface area contributed by atoms with Gasteiger partial charge in [-0.15, -0.1) is 0 Å². The lowest BCUT2D eigenvalue weighted by atomic mass is 10.1. The fraction of sp³-hybridized carbons (Fsp3) is 0.769. The third-order valence-corrected chi connectivity index (χ3v) is 4.06. The molecule has 1 heterocycles. The number of nitrogens with one attached hydrogen (secondary N) is 1. The summed E-state index contributed by atoms with van der Waals surface area (Å²) in [7, 11) is 1.98. The molecule has 2 unspecified atom stereocenters. The van der Waals surface area contributed by atoms with E-state index in [-0.39, 0.29) is 12.6 Å². The highest BCUT2D eigenvalue weighted by atomic mass is 32.2. The van der Waals surface area contributed by atoms with E-state index < -0.39 is 0 Å². The van der Waals surface area contributed by atoms with E-state index in [1.54, 1.807) is 11.8 Å². The molecule has 2 N–H and O–H groups in total. The Morgan fingerprint density at radius 1 is 1.44 bits per heavy atom. The first-order chi connectivity index (χ1) is 8.51. The second kappa shape index (κ2) is 7.16. The molecule has 1 rings (SSSR count). The number of hydrogen-bond acceptors (Lipinski definition) is 4. The third kappa shape index (κ3) is 3.73. The maximum Gasteiger partial charge on any atom is 0.0644 e. The van der Waals surface area contributed by atoms with Crippen LogP contribution in [0.25, 0.3) is 0 Å². The Bertz CT molecular complexity index is 373. The maximum absolute atomic E-state index is 9.09. The van der Waals surface area contributed by atoms with Crippen molar-refractivity contribution >= 4 is 11.8 Å². The summed E-state index contributed by atoms with van der Waals surface area (Å²) in [5, 5.41) is 17.1. The molecule has 5 heteroatoms. The van der Waals surface area contributed by atoms with Crippen LogP contribution in [0.3, 0.4) is 0 Å². The minimum Gasteiger partial charge on any atom is -0.396 e.